The quantitative estimate of drug-likeness (QED) is 0.177. The zero-order chi connectivity index (χ0) is 17.8. The summed E-state index contributed by atoms with van der Waals surface area (Å²) in [5.74, 6) is 0. The highest BCUT2D eigenvalue weighted by atomic mass is 28.4. The van der Waals surface area contributed by atoms with Crippen LogP contribution in [0.5, 0.6) is 0 Å². The summed E-state index contributed by atoms with van der Waals surface area (Å²) < 4.78 is 6.45. The molecule has 0 aliphatic heterocycles. The molecule has 0 rings (SSSR count). The molecule has 0 aliphatic carbocycles. The van der Waals surface area contributed by atoms with Gasteiger partial charge in [-0.05, 0) is 24.6 Å². The fourth-order valence-electron chi connectivity index (χ4n) is 2.61. The zero-order valence-corrected chi connectivity index (χ0v) is 18.0. The van der Waals surface area contributed by atoms with E-state index in [1.165, 1.54) is 64.2 Å². The van der Waals surface area contributed by atoms with Crippen molar-refractivity contribution in [2.45, 2.75) is 123 Å². The average molecular weight is 341 g/mol. The van der Waals surface area contributed by atoms with E-state index < -0.39 is 8.32 Å². The van der Waals surface area contributed by atoms with Crippen LogP contribution in [0.1, 0.15) is 98.3 Å². The predicted molar refractivity (Wildman–Crippen MR) is 109 cm³/mol. The number of hydrogen-bond donors (Lipinski definition) is 0. The van der Waals surface area contributed by atoms with Crippen molar-refractivity contribution in [3.05, 3.63) is 12.7 Å². The maximum absolute atomic E-state index is 6.45. The van der Waals surface area contributed by atoms with Crippen molar-refractivity contribution in [2.75, 3.05) is 0 Å². The highest BCUT2D eigenvalue weighted by molar-refractivity contribution is 6.74. The van der Waals surface area contributed by atoms with E-state index in [9.17, 15) is 0 Å². The predicted octanol–water partition coefficient (Wildman–Crippen LogP) is 7.87. The molecule has 0 N–H and O–H groups in total. The van der Waals surface area contributed by atoms with Gasteiger partial charge in [0, 0.05) is 0 Å². The van der Waals surface area contributed by atoms with Gasteiger partial charge in [0.15, 0.2) is 8.32 Å². The van der Waals surface area contributed by atoms with Gasteiger partial charge in [0.05, 0.1) is 6.10 Å². The van der Waals surface area contributed by atoms with E-state index in [4.69, 9.17) is 4.43 Å². The molecule has 0 radical (unpaired) electrons. The molecule has 23 heavy (non-hydrogen) atoms. The first kappa shape index (κ1) is 22.9. The monoisotopic (exact) mass is 340 g/mol. The van der Waals surface area contributed by atoms with Crippen molar-refractivity contribution in [2.24, 2.45) is 0 Å². The van der Waals surface area contributed by atoms with Crippen LogP contribution in [-0.2, 0) is 4.43 Å². The molecule has 0 saturated carbocycles. The lowest BCUT2D eigenvalue weighted by molar-refractivity contribution is 0.211. The SMILES string of the molecule is C=C[C@@H](CCCCCCCCCCCC)O[Si](C)(C)C(C)(C)C. The Kier molecular flexibility index (Phi) is 12.3. The Labute approximate surface area is 148 Å². The van der Waals surface area contributed by atoms with E-state index in [1.807, 2.05) is 6.08 Å². The van der Waals surface area contributed by atoms with Gasteiger partial charge in [0.25, 0.3) is 0 Å². The largest absolute Gasteiger partial charge is 0.411 e. The molecule has 0 heterocycles. The lowest BCUT2D eigenvalue weighted by atomic mass is 10.0. The van der Waals surface area contributed by atoms with Crippen LogP contribution < -0.4 is 0 Å². The topological polar surface area (TPSA) is 9.23 Å². The van der Waals surface area contributed by atoms with E-state index in [2.05, 4.69) is 47.4 Å². The van der Waals surface area contributed by atoms with Crippen LogP contribution in [0.15, 0.2) is 12.7 Å². The molecule has 1 atom stereocenters. The molecular formula is C21H44OSi. The third-order valence-electron chi connectivity index (χ3n) is 5.36. The molecule has 0 aromatic heterocycles. The lowest BCUT2D eigenvalue weighted by Gasteiger charge is -2.38. The molecule has 0 aliphatic rings. The van der Waals surface area contributed by atoms with Crippen LogP contribution in [0.25, 0.3) is 0 Å². The normalized spacial score (nSPS) is 14.0. The van der Waals surface area contributed by atoms with Crippen molar-refractivity contribution in [3.8, 4) is 0 Å². The van der Waals surface area contributed by atoms with Gasteiger partial charge in [-0.15, -0.1) is 6.58 Å². The zero-order valence-electron chi connectivity index (χ0n) is 17.0. The third-order valence-corrected chi connectivity index (χ3v) is 9.86. The van der Waals surface area contributed by atoms with Crippen LogP contribution in [0.3, 0.4) is 0 Å². The minimum absolute atomic E-state index is 0.255. The standard InChI is InChI=1S/C21H44OSi/c1-8-10-11-12-13-14-15-16-17-18-19-20(9-2)22-23(6,7)21(3,4)5/h9,20H,2,8,10-19H2,1,3-7H3/t20-/m0/s1. The van der Waals surface area contributed by atoms with Gasteiger partial charge in [-0.1, -0.05) is 98.0 Å². The van der Waals surface area contributed by atoms with Crippen LogP contribution in [0, 0.1) is 0 Å². The van der Waals surface area contributed by atoms with Gasteiger partial charge >= 0.3 is 0 Å². The molecule has 1 nitrogen and oxygen atoms in total. The molecule has 0 bridgehead atoms. The molecule has 0 aromatic rings. The summed E-state index contributed by atoms with van der Waals surface area (Å²) in [6, 6.07) is 0. The first-order chi connectivity index (χ1) is 10.7. The third kappa shape index (κ3) is 11.2. The summed E-state index contributed by atoms with van der Waals surface area (Å²) in [5.41, 5.74) is 0. The van der Waals surface area contributed by atoms with Gasteiger partial charge in [0.1, 0.15) is 0 Å². The smallest absolute Gasteiger partial charge is 0.192 e. The van der Waals surface area contributed by atoms with E-state index in [-0.39, 0.29) is 11.1 Å². The fourth-order valence-corrected chi connectivity index (χ4v) is 3.94. The number of hydrogen-bond acceptors (Lipinski definition) is 1. The Morgan fingerprint density at radius 3 is 1.70 bits per heavy atom. The van der Waals surface area contributed by atoms with Crippen molar-refractivity contribution >= 4 is 8.32 Å². The lowest BCUT2D eigenvalue weighted by Crippen LogP contribution is -2.43. The second kappa shape index (κ2) is 12.3. The molecule has 0 amide bonds. The molecule has 0 aromatic carbocycles. The van der Waals surface area contributed by atoms with Crippen molar-refractivity contribution in [1.82, 2.24) is 0 Å². The number of rotatable bonds is 14. The summed E-state index contributed by atoms with van der Waals surface area (Å²) in [5, 5.41) is 0.284. The molecule has 0 saturated heterocycles. The average Bonchev–Trinajstić information content (AvgIpc) is 2.46. The van der Waals surface area contributed by atoms with Crippen molar-refractivity contribution in [1.29, 1.82) is 0 Å². The van der Waals surface area contributed by atoms with Crippen LogP contribution in [0.2, 0.25) is 18.1 Å². The fraction of sp³-hybridized carbons (Fsp3) is 0.905. The van der Waals surface area contributed by atoms with Crippen LogP contribution >= 0.6 is 0 Å². The van der Waals surface area contributed by atoms with E-state index >= 15 is 0 Å². The minimum atomic E-state index is -1.66. The van der Waals surface area contributed by atoms with Gasteiger partial charge in [0.2, 0.25) is 0 Å². The van der Waals surface area contributed by atoms with E-state index in [0.29, 0.717) is 0 Å². The van der Waals surface area contributed by atoms with E-state index in [0.717, 1.165) is 6.42 Å². The minimum Gasteiger partial charge on any atom is -0.411 e. The van der Waals surface area contributed by atoms with Crippen molar-refractivity contribution in [3.63, 3.8) is 0 Å². The maximum atomic E-state index is 6.45. The summed E-state index contributed by atoms with van der Waals surface area (Å²) in [4.78, 5) is 0. The summed E-state index contributed by atoms with van der Waals surface area (Å²) >= 11 is 0. The van der Waals surface area contributed by atoms with Crippen molar-refractivity contribution < 1.29 is 4.43 Å². The second-order valence-corrected chi connectivity index (χ2v) is 13.4. The first-order valence-corrected chi connectivity index (χ1v) is 13.0. The Hall–Kier alpha value is -0.0831. The first-order valence-electron chi connectivity index (χ1n) is 10.0. The summed E-state index contributed by atoms with van der Waals surface area (Å²) in [6.45, 7) is 17.9. The molecule has 0 fully saturated rings. The van der Waals surface area contributed by atoms with Crippen LogP contribution in [0.4, 0.5) is 0 Å². The maximum Gasteiger partial charge on any atom is 0.192 e. The highest BCUT2D eigenvalue weighted by Gasteiger charge is 2.38. The van der Waals surface area contributed by atoms with Gasteiger partial charge in [-0.2, -0.15) is 0 Å². The Morgan fingerprint density at radius 2 is 1.30 bits per heavy atom. The highest BCUT2D eigenvalue weighted by Crippen LogP contribution is 2.37. The van der Waals surface area contributed by atoms with Gasteiger partial charge in [-0.25, -0.2) is 0 Å². The molecule has 0 spiro atoms. The Balaban J connectivity index is 3.71. The number of unbranched alkanes of at least 4 members (excludes halogenated alkanes) is 9. The summed E-state index contributed by atoms with van der Waals surface area (Å²) in [7, 11) is -1.66. The summed E-state index contributed by atoms with van der Waals surface area (Å²) in [6.07, 6.45) is 17.3. The second-order valence-electron chi connectivity index (χ2n) is 8.62. The molecule has 2 heteroatoms. The molecule has 138 valence electrons. The van der Waals surface area contributed by atoms with Gasteiger partial charge < -0.3 is 4.43 Å². The molecule has 0 unspecified atom stereocenters. The Bertz CT molecular complexity index is 291. The molecular weight excluding hydrogens is 296 g/mol. The Morgan fingerprint density at radius 1 is 0.870 bits per heavy atom. The van der Waals surface area contributed by atoms with Crippen LogP contribution in [-0.4, -0.2) is 14.4 Å². The van der Waals surface area contributed by atoms with Gasteiger partial charge in [-0.3, -0.25) is 0 Å². The van der Waals surface area contributed by atoms with E-state index in [1.54, 1.807) is 0 Å².